The molecule has 0 atom stereocenters. The molecule has 3 aromatic rings. The van der Waals surface area contributed by atoms with Gasteiger partial charge in [0.1, 0.15) is 5.82 Å². The summed E-state index contributed by atoms with van der Waals surface area (Å²) in [6.45, 7) is 0.844. The van der Waals surface area contributed by atoms with Crippen LogP contribution in [-0.4, -0.2) is 53.2 Å². The summed E-state index contributed by atoms with van der Waals surface area (Å²) in [5.74, 6) is -1.45. The third-order valence-corrected chi connectivity index (χ3v) is 7.70. The zero-order chi connectivity index (χ0) is 24.8. The first kappa shape index (κ1) is 25.0. The number of benzene rings is 2. The van der Waals surface area contributed by atoms with E-state index in [-0.39, 0.29) is 42.0 Å². The van der Waals surface area contributed by atoms with Crippen molar-refractivity contribution in [1.29, 1.82) is 0 Å². The number of alkyl halides is 5. The van der Waals surface area contributed by atoms with E-state index in [9.17, 15) is 26.4 Å². The smallest absolute Gasteiger partial charge is 0.274 e. The van der Waals surface area contributed by atoms with Gasteiger partial charge in [-0.15, -0.1) is 0 Å². The highest BCUT2D eigenvalue weighted by atomic mass is 35.6. The first-order chi connectivity index (χ1) is 15.9. The standard InChI is InChI=1S/C21H17Cl3F3N3O3S/c22-21(23,24)20(31)29-9-7-28(8-10-29)16-5-2-6-17-18(16)15(19(26)27)12-30(17)34(32,33)14-4-1-3-13(25)11-14/h1-6,11-12,19H,7-10H2. The molecule has 2 aromatic carbocycles. The van der Waals surface area contributed by atoms with E-state index in [1.165, 1.54) is 23.1 Å². The van der Waals surface area contributed by atoms with E-state index in [1.807, 2.05) is 0 Å². The topological polar surface area (TPSA) is 62.6 Å². The van der Waals surface area contributed by atoms with Crippen LogP contribution in [0.5, 0.6) is 0 Å². The third kappa shape index (κ3) is 4.56. The molecule has 0 aliphatic carbocycles. The number of rotatable bonds is 4. The fourth-order valence-electron chi connectivity index (χ4n) is 3.97. The lowest BCUT2D eigenvalue weighted by Crippen LogP contribution is -2.51. The number of carbonyl (C=O) groups excluding carboxylic acids is 1. The lowest BCUT2D eigenvalue weighted by Gasteiger charge is -2.37. The first-order valence-corrected chi connectivity index (χ1v) is 12.5. The molecule has 1 aromatic heterocycles. The fourth-order valence-corrected chi connectivity index (χ4v) is 5.73. The van der Waals surface area contributed by atoms with E-state index in [0.717, 1.165) is 22.3 Å². The van der Waals surface area contributed by atoms with Gasteiger partial charge in [0.2, 0.25) is 0 Å². The zero-order valence-corrected chi connectivity index (χ0v) is 20.4. The molecule has 1 amide bonds. The van der Waals surface area contributed by atoms with Crippen LogP contribution in [0.1, 0.15) is 12.0 Å². The number of halogens is 6. The number of nitrogens with zero attached hydrogens (tertiary/aromatic N) is 3. The van der Waals surface area contributed by atoms with Crippen molar-refractivity contribution < 1.29 is 26.4 Å². The summed E-state index contributed by atoms with van der Waals surface area (Å²) in [6, 6.07) is 8.88. The Balaban J connectivity index is 1.77. The molecule has 1 fully saturated rings. The molecule has 6 nitrogen and oxygen atoms in total. The van der Waals surface area contributed by atoms with Crippen LogP contribution in [0.3, 0.4) is 0 Å². The van der Waals surface area contributed by atoms with Gasteiger partial charge in [-0.2, -0.15) is 0 Å². The number of aromatic nitrogens is 1. The van der Waals surface area contributed by atoms with Crippen LogP contribution in [-0.2, 0) is 14.8 Å². The molecule has 1 aliphatic rings. The van der Waals surface area contributed by atoms with Gasteiger partial charge in [-0.3, -0.25) is 4.79 Å². The van der Waals surface area contributed by atoms with E-state index in [0.29, 0.717) is 5.69 Å². The molecule has 0 radical (unpaired) electrons. The van der Waals surface area contributed by atoms with Crippen molar-refractivity contribution in [1.82, 2.24) is 8.87 Å². The van der Waals surface area contributed by atoms with Crippen molar-refractivity contribution >= 4 is 67.3 Å². The fraction of sp³-hybridized carbons (Fsp3) is 0.286. The van der Waals surface area contributed by atoms with Gasteiger partial charge in [0.15, 0.2) is 0 Å². The molecule has 0 spiro atoms. The second-order valence-corrected chi connectivity index (χ2v) is 11.7. The van der Waals surface area contributed by atoms with Gasteiger partial charge in [-0.05, 0) is 30.3 Å². The molecule has 0 N–H and O–H groups in total. The van der Waals surface area contributed by atoms with Crippen molar-refractivity contribution in [3.05, 3.63) is 60.0 Å². The van der Waals surface area contributed by atoms with E-state index in [2.05, 4.69) is 0 Å². The van der Waals surface area contributed by atoms with Gasteiger partial charge in [0, 0.05) is 49.0 Å². The van der Waals surface area contributed by atoms with Crippen LogP contribution < -0.4 is 4.90 Å². The SMILES string of the molecule is O=C(N1CCN(c2cccc3c2c(C(F)F)cn3S(=O)(=O)c2cccc(F)c2)CC1)C(Cl)(Cl)Cl. The Bertz CT molecular complexity index is 1350. The van der Waals surface area contributed by atoms with Crippen molar-refractivity contribution in [3.8, 4) is 0 Å². The highest BCUT2D eigenvalue weighted by Crippen LogP contribution is 2.39. The summed E-state index contributed by atoms with van der Waals surface area (Å²) in [5.41, 5.74) is -0.0794. The van der Waals surface area contributed by atoms with E-state index in [1.54, 1.807) is 17.0 Å². The molecular formula is C21H17Cl3F3N3O3S. The number of hydrogen-bond donors (Lipinski definition) is 0. The highest BCUT2D eigenvalue weighted by Gasteiger charge is 2.37. The van der Waals surface area contributed by atoms with Crippen LogP contribution in [0.25, 0.3) is 10.9 Å². The number of piperazine rings is 1. The van der Waals surface area contributed by atoms with Crippen molar-refractivity contribution in [2.45, 2.75) is 15.1 Å². The van der Waals surface area contributed by atoms with Gasteiger partial charge in [0.25, 0.3) is 26.1 Å². The minimum absolute atomic E-state index is 0.0249. The molecule has 34 heavy (non-hydrogen) atoms. The lowest BCUT2D eigenvalue weighted by atomic mass is 10.1. The summed E-state index contributed by atoms with van der Waals surface area (Å²) < 4.78 is 66.8. The Kier molecular flexibility index (Phi) is 6.71. The number of anilines is 1. The van der Waals surface area contributed by atoms with Crippen molar-refractivity contribution in [2.24, 2.45) is 0 Å². The summed E-state index contributed by atoms with van der Waals surface area (Å²) in [7, 11) is -4.36. The van der Waals surface area contributed by atoms with Crippen LogP contribution >= 0.6 is 34.8 Å². The Morgan fingerprint density at radius 3 is 2.24 bits per heavy atom. The van der Waals surface area contributed by atoms with Crippen molar-refractivity contribution in [2.75, 3.05) is 31.1 Å². The molecular weight excluding hydrogens is 538 g/mol. The number of carbonyl (C=O) groups is 1. The summed E-state index contributed by atoms with van der Waals surface area (Å²) in [5, 5.41) is 0.0543. The Hall–Kier alpha value is -2.14. The molecule has 0 bridgehead atoms. The lowest BCUT2D eigenvalue weighted by molar-refractivity contribution is -0.130. The maximum Gasteiger partial charge on any atom is 0.274 e. The monoisotopic (exact) mass is 553 g/mol. The normalized spacial score (nSPS) is 15.4. The largest absolute Gasteiger partial charge is 0.367 e. The highest BCUT2D eigenvalue weighted by molar-refractivity contribution is 7.90. The number of amides is 1. The maximum absolute atomic E-state index is 14.0. The maximum atomic E-state index is 14.0. The van der Waals surface area contributed by atoms with Crippen LogP contribution in [0, 0.1) is 5.82 Å². The molecule has 182 valence electrons. The second kappa shape index (κ2) is 9.14. The number of hydrogen-bond acceptors (Lipinski definition) is 4. The van der Waals surface area contributed by atoms with Gasteiger partial charge >= 0.3 is 0 Å². The quantitative estimate of drug-likeness (QED) is 0.427. The van der Waals surface area contributed by atoms with Gasteiger partial charge < -0.3 is 9.80 Å². The Morgan fingerprint density at radius 1 is 1.00 bits per heavy atom. The summed E-state index contributed by atoms with van der Waals surface area (Å²) in [4.78, 5) is 15.0. The molecule has 0 unspecified atom stereocenters. The molecule has 2 heterocycles. The Morgan fingerprint density at radius 2 is 1.65 bits per heavy atom. The van der Waals surface area contributed by atoms with E-state index >= 15 is 0 Å². The van der Waals surface area contributed by atoms with Crippen LogP contribution in [0.15, 0.2) is 53.6 Å². The zero-order valence-electron chi connectivity index (χ0n) is 17.3. The van der Waals surface area contributed by atoms with Gasteiger partial charge in [-0.25, -0.2) is 25.6 Å². The average molecular weight is 555 g/mol. The molecule has 0 saturated carbocycles. The Labute approximate surface area is 208 Å². The average Bonchev–Trinajstić information content (AvgIpc) is 3.19. The summed E-state index contributed by atoms with van der Waals surface area (Å²) in [6.07, 6.45) is -2.11. The molecule has 4 rings (SSSR count). The predicted molar refractivity (Wildman–Crippen MR) is 125 cm³/mol. The minimum atomic E-state index is -4.36. The minimum Gasteiger partial charge on any atom is -0.367 e. The third-order valence-electron chi connectivity index (χ3n) is 5.54. The van der Waals surface area contributed by atoms with Crippen LogP contribution in [0.4, 0.5) is 18.9 Å². The molecule has 13 heteroatoms. The molecule has 1 aliphatic heterocycles. The van der Waals surface area contributed by atoms with E-state index in [4.69, 9.17) is 34.8 Å². The van der Waals surface area contributed by atoms with Gasteiger partial charge in [0.05, 0.1) is 10.4 Å². The first-order valence-electron chi connectivity index (χ1n) is 9.95. The van der Waals surface area contributed by atoms with Crippen LogP contribution in [0.2, 0.25) is 0 Å². The number of fused-ring (bicyclic) bond motifs is 1. The predicted octanol–water partition coefficient (Wildman–Crippen LogP) is 4.97. The second-order valence-electron chi connectivity index (χ2n) is 7.59. The van der Waals surface area contributed by atoms with Crippen molar-refractivity contribution in [3.63, 3.8) is 0 Å². The van der Waals surface area contributed by atoms with E-state index < -0.39 is 37.5 Å². The molecule has 1 saturated heterocycles. The van der Waals surface area contributed by atoms with Gasteiger partial charge in [-0.1, -0.05) is 46.9 Å². The summed E-state index contributed by atoms with van der Waals surface area (Å²) >= 11 is 17.0.